The molecule has 0 spiro atoms. The Morgan fingerprint density at radius 3 is 2.76 bits per heavy atom. The van der Waals surface area contributed by atoms with E-state index in [1.54, 1.807) is 19.2 Å². The van der Waals surface area contributed by atoms with E-state index in [1.807, 2.05) is 24.0 Å². The third-order valence-electron chi connectivity index (χ3n) is 5.62. The number of carbonyl (C=O) groups excluding carboxylic acids is 1. The Balaban J connectivity index is 0.00000225. The van der Waals surface area contributed by atoms with Crippen LogP contribution in [0.2, 0.25) is 0 Å². The van der Waals surface area contributed by atoms with Crippen LogP contribution in [-0.4, -0.2) is 48.1 Å². The summed E-state index contributed by atoms with van der Waals surface area (Å²) >= 11 is 0. The molecule has 138 valence electrons. The Morgan fingerprint density at radius 1 is 1.40 bits per heavy atom. The summed E-state index contributed by atoms with van der Waals surface area (Å²) in [4.78, 5) is 26.4. The first-order valence-electron chi connectivity index (χ1n) is 8.39. The number of nitrogens with one attached hydrogen (secondary N) is 1. The highest BCUT2D eigenvalue weighted by Gasteiger charge is 2.55. The van der Waals surface area contributed by atoms with Crippen LogP contribution in [0, 0.1) is 11.3 Å². The Labute approximate surface area is 153 Å². The van der Waals surface area contributed by atoms with Gasteiger partial charge in [0.15, 0.2) is 0 Å². The Hall–Kier alpha value is -1.79. The van der Waals surface area contributed by atoms with Crippen LogP contribution in [0.5, 0.6) is 5.75 Å². The number of nitrogens with zero attached hydrogens (tertiary/aromatic N) is 1. The van der Waals surface area contributed by atoms with Gasteiger partial charge in [-0.25, -0.2) is 0 Å². The van der Waals surface area contributed by atoms with Crippen LogP contribution < -0.4 is 10.1 Å². The lowest BCUT2D eigenvalue weighted by atomic mass is 9.81. The van der Waals surface area contributed by atoms with Crippen molar-refractivity contribution in [3.05, 3.63) is 24.3 Å². The van der Waals surface area contributed by atoms with Gasteiger partial charge in [0.05, 0.1) is 24.3 Å². The fraction of sp³-hybridized carbons (Fsp3) is 0.556. The van der Waals surface area contributed by atoms with E-state index in [-0.39, 0.29) is 30.3 Å². The molecule has 1 aliphatic carbocycles. The number of hydrogen-bond acceptors (Lipinski definition) is 4. The van der Waals surface area contributed by atoms with E-state index in [4.69, 9.17) is 4.74 Å². The number of halogens is 1. The second-order valence-corrected chi connectivity index (χ2v) is 6.85. The molecule has 1 aliphatic heterocycles. The molecule has 2 N–H and O–H groups in total. The smallest absolute Gasteiger partial charge is 0.311 e. The molecule has 7 heteroatoms. The summed E-state index contributed by atoms with van der Waals surface area (Å²) in [5.74, 6) is -0.0975. The quantitative estimate of drug-likeness (QED) is 0.835. The van der Waals surface area contributed by atoms with Gasteiger partial charge in [0, 0.05) is 13.1 Å². The fourth-order valence-corrected chi connectivity index (χ4v) is 4.12. The average molecular weight is 369 g/mol. The highest BCUT2D eigenvalue weighted by molar-refractivity contribution is 5.96. The van der Waals surface area contributed by atoms with E-state index in [2.05, 4.69) is 5.32 Å². The van der Waals surface area contributed by atoms with E-state index < -0.39 is 11.4 Å². The Bertz CT molecular complexity index is 654. The number of hydrogen-bond donors (Lipinski definition) is 2. The minimum atomic E-state index is -0.718. The second-order valence-electron chi connectivity index (χ2n) is 6.85. The molecule has 6 nitrogen and oxygen atoms in total. The summed E-state index contributed by atoms with van der Waals surface area (Å²) in [5.41, 5.74) is -0.0388. The van der Waals surface area contributed by atoms with Crippen LogP contribution in [0.1, 0.15) is 26.2 Å². The number of ether oxygens (including phenoxy) is 1. The first-order valence-corrected chi connectivity index (χ1v) is 8.39. The van der Waals surface area contributed by atoms with Crippen LogP contribution in [0.25, 0.3) is 0 Å². The molecule has 1 aromatic carbocycles. The van der Waals surface area contributed by atoms with Crippen molar-refractivity contribution in [2.24, 2.45) is 11.3 Å². The van der Waals surface area contributed by atoms with Crippen molar-refractivity contribution in [1.29, 1.82) is 0 Å². The molecule has 0 bridgehead atoms. The lowest BCUT2D eigenvalue weighted by molar-refractivity contribution is -0.149. The monoisotopic (exact) mass is 368 g/mol. The van der Waals surface area contributed by atoms with Gasteiger partial charge in [-0.2, -0.15) is 0 Å². The van der Waals surface area contributed by atoms with Gasteiger partial charge in [0.25, 0.3) is 0 Å². The predicted octanol–water partition coefficient (Wildman–Crippen LogP) is 2.63. The number of carboxylic acid groups (broad SMARTS) is 1. The third kappa shape index (κ3) is 3.46. The lowest BCUT2D eigenvalue weighted by Crippen LogP contribution is -2.43. The van der Waals surface area contributed by atoms with Gasteiger partial charge in [-0.1, -0.05) is 18.6 Å². The maximum atomic E-state index is 12.6. The fourth-order valence-electron chi connectivity index (χ4n) is 4.12. The first-order chi connectivity index (χ1) is 11.5. The van der Waals surface area contributed by atoms with Crippen molar-refractivity contribution in [1.82, 2.24) is 4.90 Å². The number of anilines is 1. The standard InChI is InChI=1S/C18H24N2O4.ClH/c1-12(16(21)19-14-7-3-4-8-15(14)24-2)20-10-13-6-5-9-18(13,11-20)17(22)23;/h3-4,7-8,12-13H,5-6,9-11H2,1-2H3,(H,19,21)(H,22,23);1H/t12?,13-,18+;/m0./s1. The molecule has 1 saturated heterocycles. The average Bonchev–Trinajstić information content (AvgIpc) is 3.12. The number of methoxy groups -OCH3 is 1. The lowest BCUT2D eigenvalue weighted by Gasteiger charge is -2.26. The number of rotatable bonds is 5. The number of carbonyl (C=O) groups is 2. The summed E-state index contributed by atoms with van der Waals surface area (Å²) in [7, 11) is 1.56. The number of aliphatic carboxylic acids is 1. The number of para-hydroxylation sites is 2. The number of amides is 1. The number of carboxylic acids is 1. The summed E-state index contributed by atoms with van der Waals surface area (Å²) in [5, 5.41) is 12.6. The van der Waals surface area contributed by atoms with E-state index in [1.165, 1.54) is 0 Å². The van der Waals surface area contributed by atoms with Gasteiger partial charge in [-0.3, -0.25) is 14.5 Å². The van der Waals surface area contributed by atoms with Crippen molar-refractivity contribution in [3.63, 3.8) is 0 Å². The van der Waals surface area contributed by atoms with Crippen molar-refractivity contribution < 1.29 is 19.4 Å². The molecule has 1 heterocycles. The highest BCUT2D eigenvalue weighted by Crippen LogP contribution is 2.49. The number of fused-ring (bicyclic) bond motifs is 1. The Kier molecular flexibility index (Phi) is 5.95. The van der Waals surface area contributed by atoms with Crippen molar-refractivity contribution in [2.45, 2.75) is 32.2 Å². The third-order valence-corrected chi connectivity index (χ3v) is 5.62. The molecule has 1 amide bonds. The van der Waals surface area contributed by atoms with Gasteiger partial charge in [-0.05, 0) is 37.8 Å². The minimum absolute atomic E-state index is 0. The Morgan fingerprint density at radius 2 is 2.12 bits per heavy atom. The minimum Gasteiger partial charge on any atom is -0.495 e. The van der Waals surface area contributed by atoms with Crippen molar-refractivity contribution >= 4 is 30.0 Å². The summed E-state index contributed by atoms with van der Waals surface area (Å²) in [6, 6.07) is 6.89. The summed E-state index contributed by atoms with van der Waals surface area (Å²) in [6.45, 7) is 2.96. The van der Waals surface area contributed by atoms with Gasteiger partial charge < -0.3 is 15.2 Å². The van der Waals surface area contributed by atoms with Gasteiger partial charge in [0.2, 0.25) is 5.91 Å². The molecule has 25 heavy (non-hydrogen) atoms. The zero-order chi connectivity index (χ0) is 17.3. The van der Waals surface area contributed by atoms with Crippen LogP contribution >= 0.6 is 12.4 Å². The molecule has 0 radical (unpaired) electrons. The van der Waals surface area contributed by atoms with Crippen LogP contribution in [-0.2, 0) is 9.59 Å². The maximum absolute atomic E-state index is 12.6. The molecule has 1 saturated carbocycles. The van der Waals surface area contributed by atoms with Crippen LogP contribution in [0.15, 0.2) is 24.3 Å². The normalized spacial score (nSPS) is 26.4. The van der Waals surface area contributed by atoms with E-state index in [0.717, 1.165) is 12.8 Å². The number of benzene rings is 1. The van der Waals surface area contributed by atoms with Crippen molar-refractivity contribution in [3.8, 4) is 5.75 Å². The molecule has 1 unspecified atom stereocenters. The zero-order valence-electron chi connectivity index (χ0n) is 14.5. The van der Waals surface area contributed by atoms with Crippen molar-refractivity contribution in [2.75, 3.05) is 25.5 Å². The molecule has 2 aliphatic rings. The molecule has 0 aromatic heterocycles. The molecule has 1 aromatic rings. The molecular formula is C18H25ClN2O4. The van der Waals surface area contributed by atoms with E-state index in [9.17, 15) is 14.7 Å². The van der Waals surface area contributed by atoms with Crippen LogP contribution in [0.4, 0.5) is 5.69 Å². The SMILES string of the molecule is COc1ccccc1NC(=O)C(C)N1C[C@@H]2CCC[C@@]2(C(=O)O)C1.Cl. The van der Waals surface area contributed by atoms with E-state index in [0.29, 0.717) is 30.9 Å². The topological polar surface area (TPSA) is 78.9 Å². The largest absolute Gasteiger partial charge is 0.495 e. The molecule has 3 atom stereocenters. The summed E-state index contributed by atoms with van der Waals surface area (Å²) in [6.07, 6.45) is 2.61. The first kappa shape index (κ1) is 19.5. The van der Waals surface area contributed by atoms with Gasteiger partial charge in [-0.15, -0.1) is 12.4 Å². The van der Waals surface area contributed by atoms with Gasteiger partial charge >= 0.3 is 5.97 Å². The zero-order valence-corrected chi connectivity index (χ0v) is 15.3. The maximum Gasteiger partial charge on any atom is 0.311 e. The van der Waals surface area contributed by atoms with Gasteiger partial charge in [0.1, 0.15) is 5.75 Å². The summed E-state index contributed by atoms with van der Waals surface area (Å²) < 4.78 is 5.25. The molecular weight excluding hydrogens is 344 g/mol. The predicted molar refractivity (Wildman–Crippen MR) is 97.3 cm³/mol. The molecule has 2 fully saturated rings. The van der Waals surface area contributed by atoms with Crippen LogP contribution in [0.3, 0.4) is 0 Å². The highest BCUT2D eigenvalue weighted by atomic mass is 35.5. The number of likely N-dealkylation sites (tertiary alicyclic amines) is 1. The second kappa shape index (κ2) is 7.62. The molecule has 3 rings (SSSR count). The van der Waals surface area contributed by atoms with E-state index >= 15 is 0 Å².